The van der Waals surface area contributed by atoms with Crippen LogP contribution >= 0.6 is 24.0 Å². The van der Waals surface area contributed by atoms with E-state index >= 15 is 0 Å². The fraction of sp³-hybridized carbons (Fsp3) is 0.474. The molecule has 2 rings (SSSR count). The van der Waals surface area contributed by atoms with E-state index in [0.29, 0.717) is 37.0 Å². The minimum atomic E-state index is -0.189. The fourth-order valence-electron chi connectivity index (χ4n) is 2.47. The van der Waals surface area contributed by atoms with Crippen molar-refractivity contribution in [3.05, 3.63) is 52.5 Å². The highest BCUT2D eigenvalue weighted by Crippen LogP contribution is 2.13. The molecule has 0 spiro atoms. The molecule has 2 aromatic rings. The molecule has 0 atom stereocenters. The number of aromatic nitrogens is 1. The first kappa shape index (κ1) is 23.4. The van der Waals surface area contributed by atoms with E-state index in [9.17, 15) is 4.39 Å². The summed E-state index contributed by atoms with van der Waals surface area (Å²) in [6.45, 7) is 8.03. The second-order valence-corrected chi connectivity index (χ2v) is 6.46. The third kappa shape index (κ3) is 7.45. The van der Waals surface area contributed by atoms with E-state index in [0.717, 1.165) is 23.6 Å². The van der Waals surface area contributed by atoms with Gasteiger partial charge in [0, 0.05) is 18.7 Å². The smallest absolute Gasteiger partial charge is 0.214 e. The normalized spacial score (nSPS) is 11.4. The average Bonchev–Trinajstić information content (AvgIpc) is 2.90. The summed E-state index contributed by atoms with van der Waals surface area (Å²) < 4.78 is 19.5. The van der Waals surface area contributed by atoms with E-state index in [4.69, 9.17) is 4.42 Å². The van der Waals surface area contributed by atoms with Crippen molar-refractivity contribution in [1.29, 1.82) is 0 Å². The number of nitrogens with one attached hydrogen (secondary N) is 2. The summed E-state index contributed by atoms with van der Waals surface area (Å²) >= 11 is 0. The molecular weight excluding hydrogens is 460 g/mol. The Morgan fingerprint density at radius 3 is 2.59 bits per heavy atom. The third-order valence-electron chi connectivity index (χ3n) is 3.84. The molecule has 0 fully saturated rings. The van der Waals surface area contributed by atoms with Crippen LogP contribution in [0.1, 0.15) is 35.4 Å². The fourth-order valence-corrected chi connectivity index (χ4v) is 2.47. The van der Waals surface area contributed by atoms with Crippen LogP contribution in [0.15, 0.2) is 27.6 Å². The van der Waals surface area contributed by atoms with Crippen LogP contribution in [0.4, 0.5) is 4.39 Å². The van der Waals surface area contributed by atoms with Crippen molar-refractivity contribution >= 4 is 29.9 Å². The summed E-state index contributed by atoms with van der Waals surface area (Å²) in [7, 11) is 3.84. The van der Waals surface area contributed by atoms with Crippen LogP contribution in [-0.4, -0.2) is 36.5 Å². The van der Waals surface area contributed by atoms with Crippen molar-refractivity contribution in [1.82, 2.24) is 20.5 Å². The molecular formula is C19H29FIN5O. The minimum absolute atomic E-state index is 0. The molecule has 8 heteroatoms. The van der Waals surface area contributed by atoms with Crippen LogP contribution in [-0.2, 0) is 19.6 Å². The number of hydrogen-bond donors (Lipinski definition) is 2. The van der Waals surface area contributed by atoms with Gasteiger partial charge in [0.25, 0.3) is 0 Å². The molecule has 0 unspecified atom stereocenters. The van der Waals surface area contributed by atoms with E-state index < -0.39 is 0 Å². The van der Waals surface area contributed by atoms with Gasteiger partial charge in [-0.15, -0.1) is 24.0 Å². The van der Waals surface area contributed by atoms with Gasteiger partial charge in [0.15, 0.2) is 5.96 Å². The summed E-state index contributed by atoms with van der Waals surface area (Å²) in [6, 6.07) is 5.13. The molecule has 0 saturated heterocycles. The Morgan fingerprint density at radius 2 is 2.00 bits per heavy atom. The predicted octanol–water partition coefficient (Wildman–Crippen LogP) is 3.37. The lowest BCUT2D eigenvalue weighted by Gasteiger charge is -2.12. The predicted molar refractivity (Wildman–Crippen MR) is 117 cm³/mol. The van der Waals surface area contributed by atoms with Gasteiger partial charge in [-0.05, 0) is 52.6 Å². The zero-order valence-electron chi connectivity index (χ0n) is 16.6. The average molecular weight is 489 g/mol. The highest BCUT2D eigenvalue weighted by molar-refractivity contribution is 14.0. The molecule has 1 aromatic heterocycles. The number of aryl methyl sites for hydroxylation is 2. The number of rotatable bonds is 7. The molecule has 27 heavy (non-hydrogen) atoms. The topological polar surface area (TPSA) is 65.7 Å². The molecule has 1 heterocycles. The number of oxazole rings is 1. The van der Waals surface area contributed by atoms with Gasteiger partial charge in [0.1, 0.15) is 11.6 Å². The van der Waals surface area contributed by atoms with Gasteiger partial charge in [0.05, 0.1) is 18.8 Å². The van der Waals surface area contributed by atoms with Crippen molar-refractivity contribution < 1.29 is 8.81 Å². The molecule has 150 valence electrons. The standard InChI is InChI=1S/C19H28FN5O.HI/c1-6-21-19(23-11-18-24-13(2)14(3)26-18)22-10-15-7-8-17(20)16(9-15)12-25(4)5;/h7-9H,6,10-12H2,1-5H3,(H2,21,22,23);1H. The molecule has 0 aliphatic heterocycles. The quantitative estimate of drug-likeness (QED) is 0.355. The second kappa shape index (κ2) is 11.2. The second-order valence-electron chi connectivity index (χ2n) is 6.46. The first-order valence-corrected chi connectivity index (χ1v) is 8.76. The summed E-state index contributed by atoms with van der Waals surface area (Å²) in [5, 5.41) is 6.40. The molecule has 0 amide bonds. The Labute approximate surface area is 177 Å². The van der Waals surface area contributed by atoms with Gasteiger partial charge in [-0.1, -0.05) is 6.07 Å². The Balaban J connectivity index is 0.00000364. The maximum atomic E-state index is 13.9. The largest absolute Gasteiger partial charge is 0.444 e. The first-order valence-electron chi connectivity index (χ1n) is 8.76. The molecule has 0 bridgehead atoms. The highest BCUT2D eigenvalue weighted by Gasteiger charge is 2.07. The zero-order valence-corrected chi connectivity index (χ0v) is 18.9. The number of hydrogen-bond acceptors (Lipinski definition) is 4. The highest BCUT2D eigenvalue weighted by atomic mass is 127. The van der Waals surface area contributed by atoms with Crippen LogP contribution in [0.3, 0.4) is 0 Å². The van der Waals surface area contributed by atoms with Crippen LogP contribution < -0.4 is 10.6 Å². The van der Waals surface area contributed by atoms with Crippen molar-refractivity contribution in [2.45, 2.75) is 40.4 Å². The Kier molecular flexibility index (Phi) is 9.71. The van der Waals surface area contributed by atoms with E-state index in [2.05, 4.69) is 20.6 Å². The van der Waals surface area contributed by atoms with Gasteiger partial charge in [-0.2, -0.15) is 0 Å². The molecule has 2 N–H and O–H groups in total. The monoisotopic (exact) mass is 489 g/mol. The van der Waals surface area contributed by atoms with Gasteiger partial charge < -0.3 is 20.0 Å². The van der Waals surface area contributed by atoms with Crippen LogP contribution in [0.2, 0.25) is 0 Å². The number of nitrogens with zero attached hydrogens (tertiary/aromatic N) is 3. The summed E-state index contributed by atoms with van der Waals surface area (Å²) in [5.41, 5.74) is 2.53. The van der Waals surface area contributed by atoms with Gasteiger partial charge >= 0.3 is 0 Å². The first-order chi connectivity index (χ1) is 12.4. The third-order valence-corrected chi connectivity index (χ3v) is 3.84. The molecule has 0 radical (unpaired) electrons. The summed E-state index contributed by atoms with van der Waals surface area (Å²) in [4.78, 5) is 10.9. The molecule has 0 aliphatic rings. The lowest BCUT2D eigenvalue weighted by molar-refractivity contribution is 0.392. The minimum Gasteiger partial charge on any atom is -0.444 e. The molecule has 6 nitrogen and oxygen atoms in total. The zero-order chi connectivity index (χ0) is 19.1. The van der Waals surface area contributed by atoms with Gasteiger partial charge in [-0.3, -0.25) is 0 Å². The Morgan fingerprint density at radius 1 is 1.26 bits per heavy atom. The van der Waals surface area contributed by atoms with Crippen molar-refractivity contribution in [2.75, 3.05) is 20.6 Å². The van der Waals surface area contributed by atoms with E-state index in [1.807, 2.05) is 45.8 Å². The van der Waals surface area contributed by atoms with Crippen molar-refractivity contribution in [3.8, 4) is 0 Å². The van der Waals surface area contributed by atoms with Crippen LogP contribution in [0.5, 0.6) is 0 Å². The van der Waals surface area contributed by atoms with Crippen molar-refractivity contribution in [3.63, 3.8) is 0 Å². The number of guanidine groups is 1. The Bertz CT molecular complexity index is 741. The lowest BCUT2D eigenvalue weighted by Crippen LogP contribution is -2.36. The Hall–Kier alpha value is -1.68. The number of aliphatic imine (C=N–C) groups is 1. The van der Waals surface area contributed by atoms with E-state index in [-0.39, 0.29) is 29.8 Å². The van der Waals surface area contributed by atoms with E-state index in [1.165, 1.54) is 6.07 Å². The lowest BCUT2D eigenvalue weighted by atomic mass is 10.1. The van der Waals surface area contributed by atoms with Gasteiger partial charge in [-0.25, -0.2) is 14.4 Å². The summed E-state index contributed by atoms with van der Waals surface area (Å²) in [6.07, 6.45) is 0. The molecule has 0 saturated carbocycles. The van der Waals surface area contributed by atoms with Crippen molar-refractivity contribution in [2.24, 2.45) is 4.99 Å². The molecule has 1 aromatic carbocycles. The van der Waals surface area contributed by atoms with Gasteiger partial charge in [0.2, 0.25) is 5.89 Å². The maximum Gasteiger partial charge on any atom is 0.214 e. The maximum absolute atomic E-state index is 13.9. The van der Waals surface area contributed by atoms with E-state index in [1.54, 1.807) is 6.07 Å². The number of benzene rings is 1. The van der Waals surface area contributed by atoms with Crippen LogP contribution in [0.25, 0.3) is 0 Å². The summed E-state index contributed by atoms with van der Waals surface area (Å²) in [5.74, 6) is 1.93. The number of halogens is 2. The van der Waals surface area contributed by atoms with Crippen LogP contribution in [0, 0.1) is 19.7 Å². The molecule has 0 aliphatic carbocycles. The SMILES string of the molecule is CCNC(=NCc1ccc(F)c(CN(C)C)c1)NCc1nc(C)c(C)o1.I.